The Kier molecular flexibility index (Phi) is 8.22. The Morgan fingerprint density at radius 3 is 2.38 bits per heavy atom. The van der Waals surface area contributed by atoms with Gasteiger partial charge in [-0.2, -0.15) is 0 Å². The van der Waals surface area contributed by atoms with Crippen molar-refractivity contribution in [2.24, 2.45) is 11.7 Å². The van der Waals surface area contributed by atoms with Crippen LogP contribution in [0.2, 0.25) is 5.02 Å². The number of piperidine rings is 1. The molecule has 4 rings (SSSR count). The molecule has 1 aromatic heterocycles. The number of halogens is 2. The molecule has 39 heavy (non-hydrogen) atoms. The number of aromatic nitrogens is 1. The van der Waals surface area contributed by atoms with Crippen molar-refractivity contribution >= 4 is 46.7 Å². The summed E-state index contributed by atoms with van der Waals surface area (Å²) in [6.45, 7) is 0.891. The molecule has 0 spiro atoms. The number of primary amides is 1. The van der Waals surface area contributed by atoms with Gasteiger partial charge in [0.05, 0.1) is 16.8 Å². The van der Waals surface area contributed by atoms with Gasteiger partial charge in [-0.1, -0.05) is 23.6 Å². The highest BCUT2D eigenvalue weighted by molar-refractivity contribution is 6.31. The summed E-state index contributed by atoms with van der Waals surface area (Å²) in [5.41, 5.74) is 6.07. The first-order valence-electron chi connectivity index (χ1n) is 11.9. The van der Waals surface area contributed by atoms with E-state index in [1.807, 2.05) is 0 Å². The topological polar surface area (TPSA) is 141 Å². The predicted octanol–water partition coefficient (Wildman–Crippen LogP) is 3.88. The molecule has 1 fully saturated rings. The molecule has 0 saturated carbocycles. The smallest absolute Gasteiger partial charge is 0.258 e. The van der Waals surface area contributed by atoms with Gasteiger partial charge in [0.15, 0.2) is 0 Å². The third kappa shape index (κ3) is 6.40. The van der Waals surface area contributed by atoms with E-state index in [9.17, 15) is 14.4 Å². The van der Waals surface area contributed by atoms with Gasteiger partial charge in [0, 0.05) is 41.4 Å². The van der Waals surface area contributed by atoms with E-state index in [1.165, 1.54) is 42.6 Å². The van der Waals surface area contributed by atoms with Gasteiger partial charge in [-0.25, -0.2) is 9.37 Å². The first kappa shape index (κ1) is 27.3. The molecule has 3 amide bonds. The van der Waals surface area contributed by atoms with E-state index in [4.69, 9.17) is 29.2 Å². The van der Waals surface area contributed by atoms with Crippen LogP contribution in [-0.4, -0.2) is 46.5 Å². The van der Waals surface area contributed by atoms with Crippen LogP contribution in [-0.2, 0) is 4.79 Å². The molecule has 1 aliphatic heterocycles. The molecule has 1 aliphatic rings. The molecule has 9 nitrogen and oxygen atoms in total. The fourth-order valence-electron chi connectivity index (χ4n) is 4.16. The first-order valence-corrected chi connectivity index (χ1v) is 12.3. The molecule has 2 heterocycles. The van der Waals surface area contributed by atoms with Crippen LogP contribution in [0, 0.1) is 29.5 Å². The van der Waals surface area contributed by atoms with E-state index in [0.717, 1.165) is 6.07 Å². The van der Waals surface area contributed by atoms with E-state index >= 15 is 4.39 Å². The number of amidine groups is 1. The molecule has 2 aromatic carbocycles. The van der Waals surface area contributed by atoms with E-state index < -0.39 is 17.6 Å². The van der Waals surface area contributed by atoms with E-state index in [1.54, 1.807) is 11.0 Å². The van der Waals surface area contributed by atoms with Gasteiger partial charge in [-0.15, -0.1) is 6.42 Å². The number of carbonyl (C=O) groups is 3. The minimum absolute atomic E-state index is 0.0387. The highest BCUT2D eigenvalue weighted by Gasteiger charge is 2.26. The summed E-state index contributed by atoms with van der Waals surface area (Å²) < 4.78 is 15.0. The monoisotopic (exact) mass is 546 g/mol. The van der Waals surface area contributed by atoms with Crippen LogP contribution in [0.3, 0.4) is 0 Å². The second-order valence-electron chi connectivity index (χ2n) is 8.88. The average molecular weight is 547 g/mol. The Bertz CT molecular complexity index is 1490. The summed E-state index contributed by atoms with van der Waals surface area (Å²) in [6, 6.07) is 11.3. The van der Waals surface area contributed by atoms with Crippen molar-refractivity contribution in [3.63, 3.8) is 0 Å². The standard InChI is InChI=1S/C28H24ClFN6O3/c1-2-16-3-8-24(33-15-16)35-28(39)21-14-19(29)5-7-23(21)34-27(38)20-6-4-18(13-22(20)30)25(31)36-11-9-17(10-12-36)26(32)37/h1,3-8,13-15,17,31H,9-12H2,(H2,32,37)(H,34,38)(H,33,35,39). The molecule has 0 bridgehead atoms. The Balaban J connectivity index is 1.48. The number of likely N-dealkylation sites (tertiary alicyclic amines) is 1. The number of nitrogens with one attached hydrogen (secondary N) is 3. The van der Waals surface area contributed by atoms with Crippen molar-refractivity contribution in [2.75, 3.05) is 23.7 Å². The third-order valence-electron chi connectivity index (χ3n) is 6.35. The number of nitrogens with zero attached hydrogens (tertiary/aromatic N) is 2. The molecule has 5 N–H and O–H groups in total. The number of nitrogens with two attached hydrogens (primary N) is 1. The van der Waals surface area contributed by atoms with Gasteiger partial charge in [-0.05, 0) is 55.3 Å². The van der Waals surface area contributed by atoms with Crippen LogP contribution >= 0.6 is 11.6 Å². The highest BCUT2D eigenvalue weighted by atomic mass is 35.5. The minimum Gasteiger partial charge on any atom is -0.369 e. The number of anilines is 2. The van der Waals surface area contributed by atoms with Crippen molar-refractivity contribution in [3.8, 4) is 12.3 Å². The molecule has 0 radical (unpaired) electrons. The number of benzene rings is 2. The van der Waals surface area contributed by atoms with E-state index in [0.29, 0.717) is 31.5 Å². The maximum atomic E-state index is 15.0. The lowest BCUT2D eigenvalue weighted by Crippen LogP contribution is -2.41. The summed E-state index contributed by atoms with van der Waals surface area (Å²) in [4.78, 5) is 43.1. The molecule has 0 aliphatic carbocycles. The van der Waals surface area contributed by atoms with Crippen LogP contribution in [0.1, 0.15) is 44.7 Å². The van der Waals surface area contributed by atoms with Gasteiger partial charge >= 0.3 is 0 Å². The lowest BCUT2D eigenvalue weighted by atomic mass is 9.95. The fourth-order valence-corrected chi connectivity index (χ4v) is 4.33. The summed E-state index contributed by atoms with van der Waals surface area (Å²) in [5.74, 6) is -0.0684. The molecule has 0 atom stereocenters. The summed E-state index contributed by atoms with van der Waals surface area (Å²) in [5, 5.41) is 13.8. The molecular weight excluding hydrogens is 523 g/mol. The predicted molar refractivity (Wildman–Crippen MR) is 146 cm³/mol. The summed E-state index contributed by atoms with van der Waals surface area (Å²) >= 11 is 6.08. The van der Waals surface area contributed by atoms with Gasteiger partial charge in [-0.3, -0.25) is 19.8 Å². The molecule has 198 valence electrons. The number of carbonyl (C=O) groups excluding carboxylic acids is 3. The van der Waals surface area contributed by atoms with Crippen LogP contribution in [0.25, 0.3) is 0 Å². The number of rotatable bonds is 6. The zero-order valence-electron chi connectivity index (χ0n) is 20.6. The Labute approximate surface area is 229 Å². The number of hydrogen-bond donors (Lipinski definition) is 4. The van der Waals surface area contributed by atoms with Crippen LogP contribution < -0.4 is 16.4 Å². The summed E-state index contributed by atoms with van der Waals surface area (Å²) in [7, 11) is 0. The second kappa shape index (κ2) is 11.8. The van der Waals surface area contributed by atoms with Crippen LogP contribution in [0.4, 0.5) is 15.9 Å². The Morgan fingerprint density at radius 1 is 1.05 bits per heavy atom. The average Bonchev–Trinajstić information content (AvgIpc) is 2.93. The van der Waals surface area contributed by atoms with Crippen molar-refractivity contribution < 1.29 is 18.8 Å². The van der Waals surface area contributed by atoms with Gasteiger partial charge in [0.2, 0.25) is 5.91 Å². The largest absolute Gasteiger partial charge is 0.369 e. The highest BCUT2D eigenvalue weighted by Crippen LogP contribution is 2.24. The lowest BCUT2D eigenvalue weighted by molar-refractivity contribution is -0.122. The lowest BCUT2D eigenvalue weighted by Gasteiger charge is -2.32. The normalized spacial score (nSPS) is 13.3. The van der Waals surface area contributed by atoms with E-state index in [2.05, 4.69) is 21.5 Å². The molecule has 0 unspecified atom stereocenters. The summed E-state index contributed by atoms with van der Waals surface area (Å²) in [6.07, 6.45) is 7.78. The van der Waals surface area contributed by atoms with Gasteiger partial charge < -0.3 is 21.3 Å². The van der Waals surface area contributed by atoms with Crippen molar-refractivity contribution in [3.05, 3.63) is 87.8 Å². The van der Waals surface area contributed by atoms with Crippen LogP contribution in [0.5, 0.6) is 0 Å². The van der Waals surface area contributed by atoms with Crippen molar-refractivity contribution in [1.82, 2.24) is 9.88 Å². The number of hydrogen-bond acceptors (Lipinski definition) is 5. The number of amides is 3. The van der Waals surface area contributed by atoms with Crippen molar-refractivity contribution in [1.29, 1.82) is 5.41 Å². The van der Waals surface area contributed by atoms with Crippen molar-refractivity contribution in [2.45, 2.75) is 12.8 Å². The first-order chi connectivity index (χ1) is 18.7. The molecular formula is C28H24ClFN6O3. The Morgan fingerprint density at radius 2 is 1.77 bits per heavy atom. The third-order valence-corrected chi connectivity index (χ3v) is 6.58. The number of terminal acetylenes is 1. The quantitative estimate of drug-likeness (QED) is 0.211. The molecule has 3 aromatic rings. The zero-order chi connectivity index (χ0) is 28.1. The SMILES string of the molecule is C#Cc1ccc(NC(=O)c2cc(Cl)ccc2NC(=O)c2ccc(C(=N)N3CCC(C(N)=O)CC3)cc2F)nc1. The molecule has 1 saturated heterocycles. The zero-order valence-corrected chi connectivity index (χ0v) is 21.4. The maximum absolute atomic E-state index is 15.0. The van der Waals surface area contributed by atoms with E-state index in [-0.39, 0.29) is 50.9 Å². The Hall–Kier alpha value is -4.75. The maximum Gasteiger partial charge on any atom is 0.258 e. The van der Waals surface area contributed by atoms with Gasteiger partial charge in [0.1, 0.15) is 17.5 Å². The number of pyridine rings is 1. The van der Waals surface area contributed by atoms with Crippen LogP contribution in [0.15, 0.2) is 54.7 Å². The minimum atomic E-state index is -0.834. The fraction of sp³-hybridized carbons (Fsp3) is 0.179. The molecule has 11 heteroatoms. The van der Waals surface area contributed by atoms with Gasteiger partial charge in [0.25, 0.3) is 11.8 Å². The second-order valence-corrected chi connectivity index (χ2v) is 9.32.